The van der Waals surface area contributed by atoms with Gasteiger partial charge in [0.15, 0.2) is 0 Å². The fourth-order valence-electron chi connectivity index (χ4n) is 2.65. The number of aryl methyl sites for hydroxylation is 1. The highest BCUT2D eigenvalue weighted by Crippen LogP contribution is 2.47. The highest BCUT2D eigenvalue weighted by Gasteiger charge is 2.38. The molecular weight excluding hydrogens is 252 g/mol. The summed E-state index contributed by atoms with van der Waals surface area (Å²) in [5, 5.41) is 9.16. The van der Waals surface area contributed by atoms with Crippen LogP contribution in [0.2, 0.25) is 0 Å². The van der Waals surface area contributed by atoms with Crippen molar-refractivity contribution in [3.63, 3.8) is 0 Å². The Balaban J connectivity index is 2.12. The molecule has 3 rings (SSSR count). The van der Waals surface area contributed by atoms with Crippen molar-refractivity contribution in [1.82, 2.24) is 9.55 Å². The molecule has 1 heterocycles. The van der Waals surface area contributed by atoms with Gasteiger partial charge in [-0.15, -0.1) is 0 Å². The van der Waals surface area contributed by atoms with E-state index >= 15 is 0 Å². The van der Waals surface area contributed by atoms with E-state index in [0.717, 1.165) is 36.2 Å². The van der Waals surface area contributed by atoms with Crippen LogP contribution in [0.15, 0.2) is 18.2 Å². The average Bonchev–Trinajstić information content (AvgIpc) is 3.04. The van der Waals surface area contributed by atoms with Crippen molar-refractivity contribution >= 4 is 17.0 Å². The topological polar surface area (TPSA) is 55.1 Å². The molecule has 0 radical (unpaired) electrons. The van der Waals surface area contributed by atoms with E-state index in [1.165, 1.54) is 12.8 Å². The first-order valence-corrected chi connectivity index (χ1v) is 7.25. The van der Waals surface area contributed by atoms with E-state index in [1.807, 2.05) is 6.07 Å². The minimum Gasteiger partial charge on any atom is -0.478 e. The van der Waals surface area contributed by atoms with Gasteiger partial charge in [0.1, 0.15) is 5.82 Å². The normalized spacial score (nSPS) is 16.5. The van der Waals surface area contributed by atoms with Crippen LogP contribution in [0, 0.1) is 5.41 Å². The van der Waals surface area contributed by atoms with Crippen molar-refractivity contribution in [1.29, 1.82) is 0 Å². The molecule has 1 aromatic heterocycles. The van der Waals surface area contributed by atoms with Crippen molar-refractivity contribution in [2.45, 2.75) is 46.1 Å². The van der Waals surface area contributed by atoms with Crippen LogP contribution in [-0.2, 0) is 13.0 Å². The van der Waals surface area contributed by atoms with Crippen LogP contribution < -0.4 is 0 Å². The summed E-state index contributed by atoms with van der Waals surface area (Å²) in [5.41, 5.74) is 2.57. The van der Waals surface area contributed by atoms with Crippen molar-refractivity contribution in [3.05, 3.63) is 29.6 Å². The Morgan fingerprint density at radius 1 is 1.45 bits per heavy atom. The average molecular weight is 272 g/mol. The monoisotopic (exact) mass is 272 g/mol. The van der Waals surface area contributed by atoms with Gasteiger partial charge in [-0.1, -0.05) is 13.8 Å². The minimum atomic E-state index is -0.880. The lowest BCUT2D eigenvalue weighted by molar-refractivity contribution is 0.0697. The highest BCUT2D eigenvalue weighted by atomic mass is 16.4. The molecule has 1 aliphatic rings. The fraction of sp³-hybridized carbons (Fsp3) is 0.500. The van der Waals surface area contributed by atoms with Crippen LogP contribution in [-0.4, -0.2) is 20.6 Å². The number of carboxylic acid groups (broad SMARTS) is 1. The molecule has 1 aromatic carbocycles. The Hall–Kier alpha value is -1.84. The maximum absolute atomic E-state index is 11.2. The first kappa shape index (κ1) is 13.2. The molecule has 0 atom stereocenters. The van der Waals surface area contributed by atoms with Gasteiger partial charge in [-0.05, 0) is 42.9 Å². The molecule has 0 spiro atoms. The molecule has 0 unspecified atom stereocenters. The molecule has 106 valence electrons. The van der Waals surface area contributed by atoms with E-state index < -0.39 is 5.97 Å². The van der Waals surface area contributed by atoms with E-state index in [-0.39, 0.29) is 0 Å². The third kappa shape index (κ3) is 2.30. The molecule has 0 saturated heterocycles. The molecule has 1 N–H and O–H groups in total. The van der Waals surface area contributed by atoms with Crippen LogP contribution in [0.25, 0.3) is 11.0 Å². The lowest BCUT2D eigenvalue weighted by Crippen LogP contribution is -2.11. The number of fused-ring (bicyclic) bond motifs is 1. The number of aromatic nitrogens is 2. The second-order valence-electron chi connectivity index (χ2n) is 6.18. The fourth-order valence-corrected chi connectivity index (χ4v) is 2.65. The molecule has 4 nitrogen and oxygen atoms in total. The van der Waals surface area contributed by atoms with Crippen molar-refractivity contribution in [2.24, 2.45) is 5.41 Å². The number of imidazole rings is 1. The zero-order chi connectivity index (χ0) is 14.3. The van der Waals surface area contributed by atoms with Crippen LogP contribution >= 0.6 is 0 Å². The molecule has 20 heavy (non-hydrogen) atoms. The molecule has 4 heteroatoms. The second kappa shape index (κ2) is 4.62. The van der Waals surface area contributed by atoms with Crippen molar-refractivity contribution < 1.29 is 9.90 Å². The van der Waals surface area contributed by atoms with Gasteiger partial charge in [0.2, 0.25) is 0 Å². The third-order valence-electron chi connectivity index (χ3n) is 4.19. The number of carboxylic acids is 1. The molecular formula is C16H20N2O2. The molecule has 0 amide bonds. The van der Waals surface area contributed by atoms with Crippen molar-refractivity contribution in [3.8, 4) is 0 Å². The van der Waals surface area contributed by atoms with Gasteiger partial charge >= 0.3 is 5.97 Å². The van der Waals surface area contributed by atoms with E-state index in [9.17, 15) is 4.79 Å². The number of aromatic carboxylic acids is 1. The van der Waals surface area contributed by atoms with E-state index in [0.29, 0.717) is 11.0 Å². The van der Waals surface area contributed by atoms with Gasteiger partial charge in [-0.25, -0.2) is 9.78 Å². The summed E-state index contributed by atoms with van der Waals surface area (Å²) in [6.07, 6.45) is 4.48. The predicted octanol–water partition coefficient (Wildman–Crippen LogP) is 3.49. The van der Waals surface area contributed by atoms with Gasteiger partial charge in [-0.2, -0.15) is 0 Å². The van der Waals surface area contributed by atoms with Gasteiger partial charge in [-0.3, -0.25) is 0 Å². The molecule has 1 fully saturated rings. The van der Waals surface area contributed by atoms with Crippen molar-refractivity contribution in [2.75, 3.05) is 0 Å². The standard InChI is InChI=1S/C16H20N2O2/c1-3-4-14-17-12-6-5-11(15(19)20)9-13(12)18(14)10-16(2)7-8-16/h5-6,9H,3-4,7-8,10H2,1-2H3,(H,19,20). The molecule has 1 saturated carbocycles. The van der Waals surface area contributed by atoms with Gasteiger partial charge in [0.25, 0.3) is 0 Å². The summed E-state index contributed by atoms with van der Waals surface area (Å²) in [5.74, 6) is 0.201. The Morgan fingerprint density at radius 3 is 2.80 bits per heavy atom. The van der Waals surface area contributed by atoms with Crippen LogP contribution in [0.4, 0.5) is 0 Å². The lowest BCUT2D eigenvalue weighted by atomic mass is 10.1. The van der Waals surface area contributed by atoms with Crippen LogP contribution in [0.1, 0.15) is 49.3 Å². The first-order chi connectivity index (χ1) is 9.52. The van der Waals surface area contributed by atoms with Gasteiger partial charge in [0.05, 0.1) is 16.6 Å². The SMILES string of the molecule is CCCc1nc2ccc(C(=O)O)cc2n1CC1(C)CC1. The van der Waals surface area contributed by atoms with Crippen LogP contribution in [0.3, 0.4) is 0 Å². The molecule has 0 bridgehead atoms. The van der Waals surface area contributed by atoms with Gasteiger partial charge in [0, 0.05) is 13.0 Å². The van der Waals surface area contributed by atoms with Crippen LogP contribution in [0.5, 0.6) is 0 Å². The predicted molar refractivity (Wildman–Crippen MR) is 78.0 cm³/mol. The lowest BCUT2D eigenvalue weighted by Gasteiger charge is -2.13. The maximum Gasteiger partial charge on any atom is 0.335 e. The highest BCUT2D eigenvalue weighted by molar-refractivity contribution is 5.92. The maximum atomic E-state index is 11.2. The summed E-state index contributed by atoms with van der Waals surface area (Å²) in [7, 11) is 0. The summed E-state index contributed by atoms with van der Waals surface area (Å²) in [6, 6.07) is 5.22. The van der Waals surface area contributed by atoms with E-state index in [2.05, 4.69) is 23.4 Å². The zero-order valence-electron chi connectivity index (χ0n) is 12.0. The van der Waals surface area contributed by atoms with E-state index in [1.54, 1.807) is 12.1 Å². The summed E-state index contributed by atoms with van der Waals surface area (Å²) in [4.78, 5) is 15.8. The van der Waals surface area contributed by atoms with E-state index in [4.69, 9.17) is 5.11 Å². The number of hydrogen-bond acceptors (Lipinski definition) is 2. The summed E-state index contributed by atoms with van der Waals surface area (Å²) in [6.45, 7) is 5.38. The Morgan fingerprint density at radius 2 is 2.20 bits per heavy atom. The largest absolute Gasteiger partial charge is 0.478 e. The number of hydrogen-bond donors (Lipinski definition) is 1. The third-order valence-corrected chi connectivity index (χ3v) is 4.19. The second-order valence-corrected chi connectivity index (χ2v) is 6.18. The Bertz CT molecular complexity index is 668. The Labute approximate surface area is 118 Å². The zero-order valence-corrected chi connectivity index (χ0v) is 12.0. The number of benzene rings is 1. The molecule has 0 aliphatic heterocycles. The molecule has 1 aliphatic carbocycles. The summed E-state index contributed by atoms with van der Waals surface area (Å²) >= 11 is 0. The van der Waals surface area contributed by atoms with Gasteiger partial charge < -0.3 is 9.67 Å². The minimum absolute atomic E-state index is 0.336. The number of nitrogens with zero attached hydrogens (tertiary/aromatic N) is 2. The number of carbonyl (C=O) groups is 1. The summed E-state index contributed by atoms with van der Waals surface area (Å²) < 4.78 is 2.23. The Kier molecular flexibility index (Phi) is 3.04. The first-order valence-electron chi connectivity index (χ1n) is 7.25. The quantitative estimate of drug-likeness (QED) is 0.906. The number of rotatable bonds is 5. The molecule has 2 aromatic rings. The smallest absolute Gasteiger partial charge is 0.335 e.